The SMILES string of the molecule is Cc1cc(C(=O)Nc2ccc(C3CCN(C(=O)c4c(C)nc5ncccn45)CC3)cc2)n(-c2ccccc2)n1. The number of carbonyl (C=O) groups excluding carboxylic acids is 2. The molecule has 9 heteroatoms. The smallest absolute Gasteiger partial charge is 0.274 e. The van der Waals surface area contributed by atoms with Gasteiger partial charge in [0.25, 0.3) is 11.8 Å². The predicted molar refractivity (Wildman–Crippen MR) is 148 cm³/mol. The van der Waals surface area contributed by atoms with Crippen LogP contribution in [0.1, 0.15) is 56.7 Å². The molecule has 0 aliphatic carbocycles. The van der Waals surface area contributed by atoms with Gasteiger partial charge in [0.15, 0.2) is 0 Å². The Kier molecular flexibility index (Phi) is 6.40. The summed E-state index contributed by atoms with van der Waals surface area (Å²) in [5.41, 5.74) is 5.31. The van der Waals surface area contributed by atoms with Crippen molar-refractivity contribution in [1.82, 2.24) is 29.0 Å². The topological polar surface area (TPSA) is 97.4 Å². The first kappa shape index (κ1) is 24.5. The molecule has 196 valence electrons. The van der Waals surface area contributed by atoms with Gasteiger partial charge in [-0.25, -0.2) is 14.6 Å². The number of piperidine rings is 1. The number of fused-ring (bicyclic) bond motifs is 1. The summed E-state index contributed by atoms with van der Waals surface area (Å²) in [4.78, 5) is 37.0. The maximum absolute atomic E-state index is 13.3. The van der Waals surface area contributed by atoms with Gasteiger partial charge in [0.05, 0.1) is 17.1 Å². The van der Waals surface area contributed by atoms with Gasteiger partial charge < -0.3 is 10.2 Å². The second-order valence-electron chi connectivity index (χ2n) is 9.90. The Balaban J connectivity index is 1.10. The molecule has 5 aromatic rings. The number of imidazole rings is 1. The van der Waals surface area contributed by atoms with Crippen molar-refractivity contribution in [3.05, 3.63) is 107 Å². The third-order valence-corrected chi connectivity index (χ3v) is 7.27. The van der Waals surface area contributed by atoms with Crippen LogP contribution in [-0.4, -0.2) is 54.0 Å². The maximum atomic E-state index is 13.3. The number of aryl methyl sites for hydroxylation is 2. The van der Waals surface area contributed by atoms with E-state index in [9.17, 15) is 9.59 Å². The molecule has 1 aliphatic rings. The number of carbonyl (C=O) groups is 2. The number of rotatable bonds is 5. The highest BCUT2D eigenvalue weighted by Gasteiger charge is 2.28. The normalized spacial score (nSPS) is 14.1. The van der Waals surface area contributed by atoms with E-state index in [1.54, 1.807) is 21.3 Å². The molecular weight excluding hydrogens is 490 g/mol. The van der Waals surface area contributed by atoms with Crippen LogP contribution in [0.25, 0.3) is 11.5 Å². The predicted octanol–water partition coefficient (Wildman–Crippen LogP) is 4.80. The molecule has 1 N–H and O–H groups in total. The van der Waals surface area contributed by atoms with Crippen molar-refractivity contribution >= 4 is 23.3 Å². The number of likely N-dealkylation sites (tertiary alicyclic amines) is 1. The zero-order valence-corrected chi connectivity index (χ0v) is 21.9. The van der Waals surface area contributed by atoms with Gasteiger partial charge in [0.2, 0.25) is 5.78 Å². The molecule has 4 heterocycles. The van der Waals surface area contributed by atoms with E-state index >= 15 is 0 Å². The van der Waals surface area contributed by atoms with Crippen molar-refractivity contribution in [2.75, 3.05) is 18.4 Å². The first-order chi connectivity index (χ1) is 19.0. The highest BCUT2D eigenvalue weighted by atomic mass is 16.2. The Morgan fingerprint density at radius 3 is 2.44 bits per heavy atom. The molecule has 0 saturated carbocycles. The third kappa shape index (κ3) is 4.79. The van der Waals surface area contributed by atoms with Gasteiger partial charge in [-0.15, -0.1) is 0 Å². The number of nitrogens with one attached hydrogen (secondary N) is 1. The molecule has 2 amide bonds. The van der Waals surface area contributed by atoms with Crippen LogP contribution in [0.3, 0.4) is 0 Å². The molecule has 2 aromatic carbocycles. The quantitative estimate of drug-likeness (QED) is 0.360. The number of benzene rings is 2. The number of nitrogens with zero attached hydrogens (tertiary/aromatic N) is 6. The van der Waals surface area contributed by atoms with Gasteiger partial charge >= 0.3 is 0 Å². The minimum Gasteiger partial charge on any atom is -0.337 e. The van der Waals surface area contributed by atoms with Gasteiger partial charge in [-0.2, -0.15) is 5.10 Å². The lowest BCUT2D eigenvalue weighted by molar-refractivity contribution is 0.0705. The molecule has 0 radical (unpaired) electrons. The second-order valence-corrected chi connectivity index (χ2v) is 9.90. The first-order valence-electron chi connectivity index (χ1n) is 13.1. The van der Waals surface area contributed by atoms with Crippen molar-refractivity contribution < 1.29 is 9.59 Å². The van der Waals surface area contributed by atoms with Crippen LogP contribution in [0, 0.1) is 13.8 Å². The molecule has 9 nitrogen and oxygen atoms in total. The summed E-state index contributed by atoms with van der Waals surface area (Å²) in [7, 11) is 0. The Morgan fingerprint density at radius 2 is 1.69 bits per heavy atom. The zero-order valence-electron chi connectivity index (χ0n) is 21.9. The fourth-order valence-electron chi connectivity index (χ4n) is 5.28. The lowest BCUT2D eigenvalue weighted by Crippen LogP contribution is -2.38. The Bertz CT molecular complexity index is 1650. The zero-order chi connectivity index (χ0) is 26.9. The van der Waals surface area contributed by atoms with E-state index in [0.29, 0.717) is 41.9 Å². The van der Waals surface area contributed by atoms with Gasteiger partial charge in [-0.05, 0) is 74.6 Å². The first-order valence-corrected chi connectivity index (χ1v) is 13.1. The van der Waals surface area contributed by atoms with Crippen molar-refractivity contribution in [3.63, 3.8) is 0 Å². The van der Waals surface area contributed by atoms with Gasteiger partial charge in [-0.1, -0.05) is 30.3 Å². The summed E-state index contributed by atoms with van der Waals surface area (Å²) in [5.74, 6) is 0.678. The number of hydrogen-bond donors (Lipinski definition) is 1. The summed E-state index contributed by atoms with van der Waals surface area (Å²) in [5, 5.41) is 7.50. The van der Waals surface area contributed by atoms with Crippen LogP contribution in [0.4, 0.5) is 5.69 Å². The van der Waals surface area contributed by atoms with E-state index in [1.165, 1.54) is 5.56 Å². The van der Waals surface area contributed by atoms with Crippen LogP contribution < -0.4 is 5.32 Å². The van der Waals surface area contributed by atoms with Crippen LogP contribution in [-0.2, 0) is 0 Å². The molecule has 0 bridgehead atoms. The lowest BCUT2D eigenvalue weighted by Gasteiger charge is -2.32. The highest BCUT2D eigenvalue weighted by molar-refractivity contribution is 6.03. The largest absolute Gasteiger partial charge is 0.337 e. The minimum atomic E-state index is -0.211. The number of para-hydroxylation sites is 1. The van der Waals surface area contributed by atoms with E-state index in [4.69, 9.17) is 0 Å². The molecule has 3 aromatic heterocycles. The molecule has 0 spiro atoms. The van der Waals surface area contributed by atoms with Crippen LogP contribution in [0.2, 0.25) is 0 Å². The van der Waals surface area contributed by atoms with Gasteiger partial charge in [0.1, 0.15) is 11.4 Å². The van der Waals surface area contributed by atoms with E-state index in [0.717, 1.165) is 29.9 Å². The average molecular weight is 520 g/mol. The summed E-state index contributed by atoms with van der Waals surface area (Å²) in [6, 6.07) is 21.2. The van der Waals surface area contributed by atoms with Gasteiger partial charge in [-0.3, -0.25) is 14.0 Å². The van der Waals surface area contributed by atoms with E-state index < -0.39 is 0 Å². The number of amides is 2. The maximum Gasteiger partial charge on any atom is 0.274 e. The summed E-state index contributed by atoms with van der Waals surface area (Å²) in [6.07, 6.45) is 5.26. The molecule has 1 saturated heterocycles. The Hall–Kier alpha value is -4.79. The molecule has 0 unspecified atom stereocenters. The number of anilines is 1. The molecule has 39 heavy (non-hydrogen) atoms. The van der Waals surface area contributed by atoms with Crippen LogP contribution in [0.5, 0.6) is 0 Å². The molecule has 6 rings (SSSR count). The molecule has 1 fully saturated rings. The van der Waals surface area contributed by atoms with Crippen molar-refractivity contribution in [1.29, 1.82) is 0 Å². The Labute approximate surface area is 226 Å². The fourth-order valence-corrected chi connectivity index (χ4v) is 5.28. The van der Waals surface area contributed by atoms with Gasteiger partial charge in [0, 0.05) is 31.2 Å². The van der Waals surface area contributed by atoms with E-state index in [2.05, 4.69) is 32.5 Å². The van der Waals surface area contributed by atoms with E-state index in [1.807, 2.05) is 73.5 Å². The molecule has 0 atom stereocenters. The number of hydrogen-bond acceptors (Lipinski definition) is 5. The lowest BCUT2D eigenvalue weighted by atomic mass is 9.89. The van der Waals surface area contributed by atoms with Crippen LogP contribution >= 0.6 is 0 Å². The minimum absolute atomic E-state index is 0.00510. The van der Waals surface area contributed by atoms with Crippen molar-refractivity contribution in [3.8, 4) is 5.69 Å². The second kappa shape index (κ2) is 10.2. The summed E-state index contributed by atoms with van der Waals surface area (Å²) < 4.78 is 3.43. The summed E-state index contributed by atoms with van der Waals surface area (Å²) in [6.45, 7) is 5.08. The molecular formula is C30H29N7O2. The summed E-state index contributed by atoms with van der Waals surface area (Å²) >= 11 is 0. The molecule has 1 aliphatic heterocycles. The van der Waals surface area contributed by atoms with E-state index in [-0.39, 0.29) is 11.8 Å². The standard InChI is InChI=1S/C30H29N7O2/c1-20-19-26(37(34-20)25-7-4-3-5-8-25)28(38)33-24-11-9-22(10-12-24)23-13-17-35(18-14-23)29(39)27-21(2)32-30-31-15-6-16-36(27)30/h3-12,15-16,19,23H,13-14,17-18H2,1-2H3,(H,33,38). The van der Waals surface area contributed by atoms with Crippen LogP contribution in [0.15, 0.2) is 79.1 Å². The monoisotopic (exact) mass is 519 g/mol. The highest BCUT2D eigenvalue weighted by Crippen LogP contribution is 2.30. The fraction of sp³-hybridized carbons (Fsp3) is 0.233. The van der Waals surface area contributed by atoms with Crippen molar-refractivity contribution in [2.24, 2.45) is 0 Å². The average Bonchev–Trinajstić information content (AvgIpc) is 3.53. The Morgan fingerprint density at radius 1 is 0.949 bits per heavy atom. The third-order valence-electron chi connectivity index (χ3n) is 7.27. The number of aromatic nitrogens is 5. The van der Waals surface area contributed by atoms with Crippen molar-refractivity contribution in [2.45, 2.75) is 32.6 Å².